The van der Waals surface area contributed by atoms with Gasteiger partial charge in [-0.3, -0.25) is 0 Å². The first-order chi connectivity index (χ1) is 10.3. The highest BCUT2D eigenvalue weighted by Crippen LogP contribution is 2.23. The molecule has 1 heterocycles. The maximum absolute atomic E-state index is 6.14. The zero-order valence-electron chi connectivity index (χ0n) is 11.6. The number of pyridine rings is 1. The van der Waals surface area contributed by atoms with Crippen LogP contribution < -0.4 is 10.1 Å². The van der Waals surface area contributed by atoms with E-state index in [4.69, 9.17) is 16.3 Å². The molecular weight excluding hydrogens is 284 g/mol. The normalized spacial score (nSPS) is 10.6. The third-order valence-corrected chi connectivity index (χ3v) is 3.62. The molecule has 0 aliphatic carbocycles. The van der Waals surface area contributed by atoms with Crippen molar-refractivity contribution < 1.29 is 4.74 Å². The fourth-order valence-corrected chi connectivity index (χ4v) is 2.29. The number of benzene rings is 2. The molecule has 4 heteroatoms. The molecule has 3 aromatic rings. The molecule has 0 bridgehead atoms. The summed E-state index contributed by atoms with van der Waals surface area (Å²) >= 11 is 6.14. The van der Waals surface area contributed by atoms with Crippen LogP contribution in [0.4, 0.5) is 5.82 Å². The largest absolute Gasteiger partial charge is 0.487 e. The smallest absolute Gasteiger partial charge is 0.132 e. The van der Waals surface area contributed by atoms with Crippen molar-refractivity contribution in [1.29, 1.82) is 0 Å². The van der Waals surface area contributed by atoms with Crippen LogP contribution >= 0.6 is 11.6 Å². The second-order valence-electron chi connectivity index (χ2n) is 4.67. The van der Waals surface area contributed by atoms with Crippen LogP contribution in [0.2, 0.25) is 5.02 Å². The second-order valence-corrected chi connectivity index (χ2v) is 5.08. The van der Waals surface area contributed by atoms with Gasteiger partial charge in [-0.05, 0) is 35.0 Å². The molecule has 21 heavy (non-hydrogen) atoms. The fourth-order valence-electron chi connectivity index (χ4n) is 2.13. The van der Waals surface area contributed by atoms with E-state index in [1.807, 2.05) is 49.5 Å². The Morgan fingerprint density at radius 3 is 2.67 bits per heavy atom. The van der Waals surface area contributed by atoms with Crippen molar-refractivity contribution in [2.45, 2.75) is 6.61 Å². The number of aromatic nitrogens is 1. The average molecular weight is 299 g/mol. The minimum Gasteiger partial charge on any atom is -0.487 e. The SMILES string of the molecule is CNc1ccc(Cl)c(COc2ccc3ccccc3c2)n1. The Balaban J connectivity index is 1.80. The van der Waals surface area contributed by atoms with Gasteiger partial charge in [-0.25, -0.2) is 4.98 Å². The highest BCUT2D eigenvalue weighted by Gasteiger charge is 2.05. The van der Waals surface area contributed by atoms with Crippen LogP contribution in [0, 0.1) is 0 Å². The Morgan fingerprint density at radius 2 is 1.86 bits per heavy atom. The van der Waals surface area contributed by atoms with Crippen molar-refractivity contribution in [3.63, 3.8) is 0 Å². The van der Waals surface area contributed by atoms with Crippen LogP contribution in [-0.4, -0.2) is 12.0 Å². The molecule has 1 aromatic heterocycles. The summed E-state index contributed by atoms with van der Waals surface area (Å²) in [4.78, 5) is 4.40. The van der Waals surface area contributed by atoms with E-state index in [0.29, 0.717) is 11.6 Å². The number of hydrogen-bond acceptors (Lipinski definition) is 3. The van der Waals surface area contributed by atoms with Crippen LogP contribution in [0.25, 0.3) is 10.8 Å². The maximum Gasteiger partial charge on any atom is 0.132 e. The molecule has 0 aliphatic rings. The van der Waals surface area contributed by atoms with E-state index in [9.17, 15) is 0 Å². The van der Waals surface area contributed by atoms with Gasteiger partial charge in [0.05, 0.1) is 10.7 Å². The summed E-state index contributed by atoms with van der Waals surface area (Å²) in [6.45, 7) is 0.340. The number of rotatable bonds is 4. The van der Waals surface area contributed by atoms with Gasteiger partial charge in [0.15, 0.2) is 0 Å². The molecule has 106 valence electrons. The summed E-state index contributed by atoms with van der Waals surface area (Å²) < 4.78 is 5.81. The first-order valence-electron chi connectivity index (χ1n) is 6.71. The Bertz CT molecular complexity index is 774. The lowest BCUT2D eigenvalue weighted by molar-refractivity contribution is 0.302. The van der Waals surface area contributed by atoms with Gasteiger partial charge in [-0.1, -0.05) is 41.9 Å². The summed E-state index contributed by atoms with van der Waals surface area (Å²) in [5.74, 6) is 1.58. The van der Waals surface area contributed by atoms with E-state index in [-0.39, 0.29) is 0 Å². The number of nitrogens with zero attached hydrogens (tertiary/aromatic N) is 1. The molecule has 1 N–H and O–H groups in total. The molecule has 0 unspecified atom stereocenters. The molecule has 3 rings (SSSR count). The molecule has 0 saturated heterocycles. The Hall–Kier alpha value is -2.26. The molecule has 0 atom stereocenters. The number of fused-ring (bicyclic) bond motifs is 1. The maximum atomic E-state index is 6.14. The third kappa shape index (κ3) is 3.09. The molecule has 0 aliphatic heterocycles. The van der Waals surface area contributed by atoms with E-state index in [1.54, 1.807) is 0 Å². The van der Waals surface area contributed by atoms with Crippen LogP contribution in [0.1, 0.15) is 5.69 Å². The number of halogens is 1. The van der Waals surface area contributed by atoms with Crippen LogP contribution in [-0.2, 0) is 6.61 Å². The predicted molar refractivity (Wildman–Crippen MR) is 87.1 cm³/mol. The molecule has 0 amide bonds. The quantitative estimate of drug-likeness (QED) is 0.769. The minimum absolute atomic E-state index is 0.340. The lowest BCUT2D eigenvalue weighted by Crippen LogP contribution is -2.02. The topological polar surface area (TPSA) is 34.1 Å². The van der Waals surface area contributed by atoms with E-state index in [0.717, 1.165) is 22.6 Å². The van der Waals surface area contributed by atoms with E-state index in [1.165, 1.54) is 5.39 Å². The van der Waals surface area contributed by atoms with Crippen molar-refractivity contribution in [3.05, 3.63) is 65.3 Å². The molecule has 0 fully saturated rings. The van der Waals surface area contributed by atoms with Gasteiger partial charge in [0.25, 0.3) is 0 Å². The van der Waals surface area contributed by atoms with Gasteiger partial charge in [0.1, 0.15) is 18.2 Å². The van der Waals surface area contributed by atoms with Crippen molar-refractivity contribution in [2.75, 3.05) is 12.4 Å². The molecule has 2 aromatic carbocycles. The molecular formula is C17H15ClN2O. The Labute approximate surface area is 128 Å². The zero-order chi connectivity index (χ0) is 14.7. The predicted octanol–water partition coefficient (Wildman–Crippen LogP) is 4.51. The summed E-state index contributed by atoms with van der Waals surface area (Å²) in [5, 5.41) is 5.94. The molecule has 0 spiro atoms. The Morgan fingerprint density at radius 1 is 1.05 bits per heavy atom. The van der Waals surface area contributed by atoms with Crippen molar-refractivity contribution >= 4 is 28.2 Å². The van der Waals surface area contributed by atoms with E-state index >= 15 is 0 Å². The lowest BCUT2D eigenvalue weighted by Gasteiger charge is -2.09. The molecule has 3 nitrogen and oxygen atoms in total. The second kappa shape index (κ2) is 6.02. The number of anilines is 1. The van der Waals surface area contributed by atoms with Crippen molar-refractivity contribution in [2.24, 2.45) is 0 Å². The lowest BCUT2D eigenvalue weighted by atomic mass is 10.1. The van der Waals surface area contributed by atoms with Crippen LogP contribution in [0.3, 0.4) is 0 Å². The highest BCUT2D eigenvalue weighted by atomic mass is 35.5. The fraction of sp³-hybridized carbons (Fsp3) is 0.118. The minimum atomic E-state index is 0.340. The van der Waals surface area contributed by atoms with E-state index in [2.05, 4.69) is 22.4 Å². The van der Waals surface area contributed by atoms with Gasteiger partial charge in [0, 0.05) is 7.05 Å². The van der Waals surface area contributed by atoms with Gasteiger partial charge < -0.3 is 10.1 Å². The van der Waals surface area contributed by atoms with Gasteiger partial charge >= 0.3 is 0 Å². The van der Waals surface area contributed by atoms with E-state index < -0.39 is 0 Å². The summed E-state index contributed by atoms with van der Waals surface area (Å²) in [7, 11) is 1.82. The number of ether oxygens (including phenoxy) is 1. The van der Waals surface area contributed by atoms with Gasteiger partial charge in [0.2, 0.25) is 0 Å². The molecule has 0 saturated carbocycles. The Kier molecular flexibility index (Phi) is 3.93. The number of hydrogen-bond donors (Lipinski definition) is 1. The third-order valence-electron chi connectivity index (χ3n) is 3.27. The zero-order valence-corrected chi connectivity index (χ0v) is 12.4. The first kappa shape index (κ1) is 13.7. The van der Waals surface area contributed by atoms with Crippen molar-refractivity contribution in [3.8, 4) is 5.75 Å². The highest BCUT2D eigenvalue weighted by molar-refractivity contribution is 6.31. The molecule has 0 radical (unpaired) electrons. The number of nitrogens with one attached hydrogen (secondary N) is 1. The summed E-state index contributed by atoms with van der Waals surface area (Å²) in [5.41, 5.74) is 0.719. The summed E-state index contributed by atoms with van der Waals surface area (Å²) in [6.07, 6.45) is 0. The average Bonchev–Trinajstić information content (AvgIpc) is 2.54. The monoisotopic (exact) mass is 298 g/mol. The van der Waals surface area contributed by atoms with Crippen LogP contribution in [0.15, 0.2) is 54.6 Å². The van der Waals surface area contributed by atoms with Crippen LogP contribution in [0.5, 0.6) is 5.75 Å². The standard InChI is InChI=1S/C17H15ClN2O/c1-19-17-9-8-15(18)16(20-17)11-21-14-7-6-12-4-2-3-5-13(12)10-14/h2-10H,11H2,1H3,(H,19,20). The summed E-state index contributed by atoms with van der Waals surface area (Å²) in [6, 6.07) is 17.9. The van der Waals surface area contributed by atoms with Crippen molar-refractivity contribution in [1.82, 2.24) is 4.98 Å². The first-order valence-corrected chi connectivity index (χ1v) is 7.09. The van der Waals surface area contributed by atoms with Gasteiger partial charge in [-0.2, -0.15) is 0 Å². The van der Waals surface area contributed by atoms with Gasteiger partial charge in [-0.15, -0.1) is 0 Å².